The van der Waals surface area contributed by atoms with Crippen molar-refractivity contribution < 1.29 is 4.74 Å². The Morgan fingerprint density at radius 2 is 2.20 bits per heavy atom. The molecule has 10 heavy (non-hydrogen) atoms. The quantitative estimate of drug-likeness (QED) is 0.489. The molecule has 0 N–H and O–H groups in total. The molecule has 0 radical (unpaired) electrons. The summed E-state index contributed by atoms with van der Waals surface area (Å²) >= 11 is 0. The molecule has 2 aliphatic rings. The van der Waals surface area contributed by atoms with E-state index in [1.807, 2.05) is 18.2 Å². The van der Waals surface area contributed by atoms with Gasteiger partial charge in [-0.3, -0.25) is 0 Å². The molecule has 1 heteroatoms. The fourth-order valence-corrected chi connectivity index (χ4v) is 1.07. The first-order valence-electron chi connectivity index (χ1n) is 3.33. The van der Waals surface area contributed by atoms with E-state index in [2.05, 4.69) is 12.2 Å². The average molecular weight is 132 g/mol. The lowest BCUT2D eigenvalue weighted by atomic mass is 10.1. The summed E-state index contributed by atoms with van der Waals surface area (Å²) in [5.74, 6) is 0. The highest BCUT2D eigenvalue weighted by molar-refractivity contribution is 5.46. The Bertz CT molecular complexity index is 254. The molecule has 0 aromatic heterocycles. The van der Waals surface area contributed by atoms with Crippen molar-refractivity contribution in [2.45, 2.75) is 0 Å². The van der Waals surface area contributed by atoms with Gasteiger partial charge < -0.3 is 4.74 Å². The van der Waals surface area contributed by atoms with Crippen LogP contribution >= 0.6 is 0 Å². The fraction of sp³-hybridized carbons (Fsp3) is 0.111. The molecule has 0 aromatic carbocycles. The lowest BCUT2D eigenvalue weighted by Gasteiger charge is -1.91. The van der Waals surface area contributed by atoms with Crippen molar-refractivity contribution in [3.63, 3.8) is 0 Å². The molecule has 0 saturated heterocycles. The third-order valence-electron chi connectivity index (χ3n) is 1.62. The van der Waals surface area contributed by atoms with E-state index < -0.39 is 0 Å². The molecular formula is C9H8O. The average Bonchev–Trinajstić information content (AvgIpc) is 2.28. The second kappa shape index (κ2) is 2.18. The summed E-state index contributed by atoms with van der Waals surface area (Å²) in [5.41, 5.74) is 2.47. The van der Waals surface area contributed by atoms with Crippen LogP contribution in [0.1, 0.15) is 0 Å². The van der Waals surface area contributed by atoms with E-state index in [-0.39, 0.29) is 0 Å². The third-order valence-corrected chi connectivity index (χ3v) is 1.62. The second-order valence-corrected chi connectivity index (χ2v) is 2.32. The number of hydrogen-bond acceptors (Lipinski definition) is 1. The molecule has 0 spiro atoms. The van der Waals surface area contributed by atoms with E-state index in [1.165, 1.54) is 11.1 Å². The predicted octanol–water partition coefficient (Wildman–Crippen LogP) is 1.95. The summed E-state index contributed by atoms with van der Waals surface area (Å²) in [6.45, 7) is 0.726. The van der Waals surface area contributed by atoms with Crippen molar-refractivity contribution in [2.75, 3.05) is 6.61 Å². The first kappa shape index (κ1) is 5.54. The normalized spacial score (nSPS) is 20.8. The van der Waals surface area contributed by atoms with Gasteiger partial charge in [0, 0.05) is 5.57 Å². The number of ether oxygens (including phenoxy) is 1. The Hall–Kier alpha value is -1.24. The molecule has 50 valence electrons. The van der Waals surface area contributed by atoms with Gasteiger partial charge in [-0.15, -0.1) is 0 Å². The molecule has 1 nitrogen and oxygen atoms in total. The fourth-order valence-electron chi connectivity index (χ4n) is 1.07. The first-order valence-corrected chi connectivity index (χ1v) is 3.33. The smallest absolute Gasteiger partial charge is 0.113 e. The van der Waals surface area contributed by atoms with Crippen LogP contribution in [0.2, 0.25) is 0 Å². The van der Waals surface area contributed by atoms with Gasteiger partial charge in [0.15, 0.2) is 0 Å². The topological polar surface area (TPSA) is 9.23 Å². The third kappa shape index (κ3) is 0.798. The minimum Gasteiger partial charge on any atom is -0.496 e. The summed E-state index contributed by atoms with van der Waals surface area (Å²) < 4.78 is 5.13. The highest BCUT2D eigenvalue weighted by Crippen LogP contribution is 2.20. The summed E-state index contributed by atoms with van der Waals surface area (Å²) in [6.07, 6.45) is 12.0. The van der Waals surface area contributed by atoms with E-state index in [4.69, 9.17) is 4.74 Å². The Balaban J connectivity index is 2.42. The molecule has 0 amide bonds. The summed E-state index contributed by atoms with van der Waals surface area (Å²) in [4.78, 5) is 0. The molecule has 1 aliphatic heterocycles. The monoisotopic (exact) mass is 132 g/mol. The van der Waals surface area contributed by atoms with Crippen molar-refractivity contribution in [1.82, 2.24) is 0 Å². The van der Waals surface area contributed by atoms with Crippen molar-refractivity contribution >= 4 is 0 Å². The molecule has 1 aliphatic carbocycles. The zero-order valence-corrected chi connectivity index (χ0v) is 5.58. The van der Waals surface area contributed by atoms with Crippen LogP contribution in [-0.2, 0) is 4.74 Å². The van der Waals surface area contributed by atoms with Gasteiger partial charge in [0.25, 0.3) is 0 Å². The molecule has 0 saturated carbocycles. The van der Waals surface area contributed by atoms with Crippen LogP contribution in [0, 0.1) is 0 Å². The SMILES string of the molecule is C1=CC=C2COC=C2C=C1. The van der Waals surface area contributed by atoms with Gasteiger partial charge in [-0.05, 0) is 5.57 Å². The van der Waals surface area contributed by atoms with E-state index >= 15 is 0 Å². The predicted molar refractivity (Wildman–Crippen MR) is 40.4 cm³/mol. The van der Waals surface area contributed by atoms with Crippen molar-refractivity contribution in [2.24, 2.45) is 0 Å². The Morgan fingerprint density at radius 1 is 1.20 bits per heavy atom. The van der Waals surface area contributed by atoms with Crippen LogP contribution in [0.4, 0.5) is 0 Å². The Morgan fingerprint density at radius 3 is 3.20 bits per heavy atom. The van der Waals surface area contributed by atoms with Gasteiger partial charge in [0.2, 0.25) is 0 Å². The van der Waals surface area contributed by atoms with Crippen LogP contribution in [0.3, 0.4) is 0 Å². The first-order chi connectivity index (χ1) is 4.97. The molecule has 0 atom stereocenters. The van der Waals surface area contributed by atoms with Crippen LogP contribution in [0.5, 0.6) is 0 Å². The van der Waals surface area contributed by atoms with E-state index in [0.29, 0.717) is 0 Å². The van der Waals surface area contributed by atoms with Crippen LogP contribution in [-0.4, -0.2) is 6.61 Å². The highest BCUT2D eigenvalue weighted by atomic mass is 16.5. The van der Waals surface area contributed by atoms with Crippen molar-refractivity contribution in [1.29, 1.82) is 0 Å². The summed E-state index contributed by atoms with van der Waals surface area (Å²) in [7, 11) is 0. The number of allylic oxidation sites excluding steroid dienone is 5. The minimum atomic E-state index is 0.726. The van der Waals surface area contributed by atoms with E-state index in [1.54, 1.807) is 6.26 Å². The standard InChI is InChI=1S/C9H8O/c1-2-4-8-6-10-7-9(8)5-3-1/h1-6H,7H2. The molecule has 2 rings (SSSR count). The lowest BCUT2D eigenvalue weighted by Crippen LogP contribution is -1.83. The number of fused-ring (bicyclic) bond motifs is 1. The van der Waals surface area contributed by atoms with Gasteiger partial charge >= 0.3 is 0 Å². The molecule has 0 aromatic rings. The molecular weight excluding hydrogens is 124 g/mol. The minimum absolute atomic E-state index is 0.726. The number of hydrogen-bond donors (Lipinski definition) is 0. The van der Waals surface area contributed by atoms with Crippen LogP contribution < -0.4 is 0 Å². The molecule has 0 fully saturated rings. The summed E-state index contributed by atoms with van der Waals surface area (Å²) in [5, 5.41) is 0. The Labute approximate surface area is 60.0 Å². The van der Waals surface area contributed by atoms with E-state index in [0.717, 1.165) is 6.61 Å². The maximum atomic E-state index is 5.13. The molecule has 0 bridgehead atoms. The largest absolute Gasteiger partial charge is 0.496 e. The lowest BCUT2D eigenvalue weighted by molar-refractivity contribution is 0.301. The zero-order chi connectivity index (χ0) is 6.81. The maximum Gasteiger partial charge on any atom is 0.113 e. The second-order valence-electron chi connectivity index (χ2n) is 2.32. The van der Waals surface area contributed by atoms with Gasteiger partial charge in [-0.1, -0.05) is 30.4 Å². The van der Waals surface area contributed by atoms with E-state index in [9.17, 15) is 0 Å². The van der Waals surface area contributed by atoms with Crippen LogP contribution in [0.15, 0.2) is 47.8 Å². The van der Waals surface area contributed by atoms with Gasteiger partial charge in [0.05, 0.1) is 6.26 Å². The van der Waals surface area contributed by atoms with Gasteiger partial charge in [-0.2, -0.15) is 0 Å². The Kier molecular flexibility index (Phi) is 1.21. The number of rotatable bonds is 0. The zero-order valence-electron chi connectivity index (χ0n) is 5.58. The van der Waals surface area contributed by atoms with Gasteiger partial charge in [-0.25, -0.2) is 0 Å². The van der Waals surface area contributed by atoms with Crippen molar-refractivity contribution in [3.05, 3.63) is 47.8 Å². The van der Waals surface area contributed by atoms with Crippen molar-refractivity contribution in [3.8, 4) is 0 Å². The maximum absolute atomic E-state index is 5.13. The van der Waals surface area contributed by atoms with Crippen LogP contribution in [0.25, 0.3) is 0 Å². The van der Waals surface area contributed by atoms with Gasteiger partial charge in [0.1, 0.15) is 6.61 Å². The molecule has 1 heterocycles. The highest BCUT2D eigenvalue weighted by Gasteiger charge is 2.08. The summed E-state index contributed by atoms with van der Waals surface area (Å²) in [6, 6.07) is 0. The molecule has 0 unspecified atom stereocenters.